The second-order valence-corrected chi connectivity index (χ2v) is 6.32. The Kier molecular flexibility index (Phi) is 5.13. The van der Waals surface area contributed by atoms with E-state index >= 15 is 0 Å². The Balaban J connectivity index is 2.65. The molecule has 1 aromatic carbocycles. The zero-order valence-electron chi connectivity index (χ0n) is 10.8. The molecule has 1 aromatic rings. The molecular weight excluding hydrogens is 258 g/mol. The average Bonchev–Trinajstić information content (AvgIpc) is 2.24. The molecule has 0 saturated heterocycles. The highest BCUT2D eigenvalue weighted by Crippen LogP contribution is 2.16. The number of aliphatic hydroxyl groups excluding tert-OH is 1. The number of benzene rings is 1. The van der Waals surface area contributed by atoms with Gasteiger partial charge in [0.1, 0.15) is 0 Å². The molecule has 0 bridgehead atoms. The minimum absolute atomic E-state index is 0.311. The van der Waals surface area contributed by atoms with Crippen molar-refractivity contribution >= 4 is 15.7 Å². The van der Waals surface area contributed by atoms with E-state index in [1.807, 2.05) is 13.8 Å². The summed E-state index contributed by atoms with van der Waals surface area (Å²) in [7, 11) is -3.26. The zero-order valence-corrected chi connectivity index (χ0v) is 11.7. The van der Waals surface area contributed by atoms with Gasteiger partial charge < -0.3 is 10.4 Å². The van der Waals surface area contributed by atoms with E-state index in [-0.39, 0.29) is 0 Å². The first kappa shape index (κ1) is 14.9. The van der Waals surface area contributed by atoms with Crippen LogP contribution in [0, 0.1) is 0 Å². The van der Waals surface area contributed by atoms with Gasteiger partial charge in [-0.15, -0.1) is 0 Å². The molecule has 5 nitrogen and oxygen atoms in total. The van der Waals surface area contributed by atoms with Crippen LogP contribution >= 0.6 is 0 Å². The molecule has 0 spiro atoms. The van der Waals surface area contributed by atoms with Crippen molar-refractivity contribution in [2.45, 2.75) is 26.0 Å². The summed E-state index contributed by atoms with van der Waals surface area (Å²) >= 11 is 0. The predicted molar refractivity (Wildman–Crippen MR) is 73.0 cm³/mol. The van der Waals surface area contributed by atoms with E-state index in [4.69, 9.17) is 0 Å². The molecule has 0 fully saturated rings. The molecule has 0 radical (unpaired) electrons. The quantitative estimate of drug-likeness (QED) is 0.728. The molecule has 0 aliphatic carbocycles. The molecule has 6 heteroatoms. The van der Waals surface area contributed by atoms with Crippen molar-refractivity contribution < 1.29 is 13.5 Å². The lowest BCUT2D eigenvalue weighted by Crippen LogP contribution is -2.27. The molecule has 1 unspecified atom stereocenters. The second-order valence-electron chi connectivity index (χ2n) is 4.57. The maximum atomic E-state index is 11.0. The number of hydrogen-bond acceptors (Lipinski definition) is 4. The fourth-order valence-corrected chi connectivity index (χ4v) is 2.02. The lowest BCUT2D eigenvalue weighted by Gasteiger charge is -2.14. The van der Waals surface area contributed by atoms with Gasteiger partial charge in [-0.1, -0.05) is 26.0 Å². The standard InChI is InChI=1S/C12H20N2O3S/c1-9(2)13-8-12(15)10-4-6-11(7-5-10)14-18(3,16)17/h4-7,9,12-15H,8H2,1-3H3/i4+1,5+1,6+1,7+1,10+1,11+1. The van der Waals surface area contributed by atoms with Crippen LogP contribution in [0.4, 0.5) is 5.69 Å². The lowest BCUT2D eigenvalue weighted by molar-refractivity contribution is 0.171. The number of nitrogens with one attached hydrogen (secondary N) is 2. The first-order valence-electron chi connectivity index (χ1n) is 5.77. The van der Waals surface area contributed by atoms with Gasteiger partial charge in [0.25, 0.3) is 0 Å². The van der Waals surface area contributed by atoms with Crippen LogP contribution in [0.2, 0.25) is 0 Å². The summed E-state index contributed by atoms with van der Waals surface area (Å²) in [5.74, 6) is 0. The van der Waals surface area contributed by atoms with Gasteiger partial charge in [0.15, 0.2) is 0 Å². The number of sulfonamides is 1. The van der Waals surface area contributed by atoms with Gasteiger partial charge in [-0.25, -0.2) is 8.42 Å². The van der Waals surface area contributed by atoms with E-state index in [0.29, 0.717) is 18.3 Å². The Morgan fingerprint density at radius 2 is 1.78 bits per heavy atom. The number of rotatable bonds is 6. The van der Waals surface area contributed by atoms with E-state index in [9.17, 15) is 13.5 Å². The van der Waals surface area contributed by atoms with Crippen molar-refractivity contribution in [1.82, 2.24) is 5.32 Å². The van der Waals surface area contributed by atoms with Crippen molar-refractivity contribution in [3.8, 4) is 0 Å². The number of aliphatic hydroxyl groups is 1. The number of anilines is 1. The van der Waals surface area contributed by atoms with Crippen molar-refractivity contribution in [3.63, 3.8) is 0 Å². The van der Waals surface area contributed by atoms with Crippen LogP contribution in [0.5, 0.6) is 0 Å². The summed E-state index contributed by atoms with van der Waals surface area (Å²) in [5.41, 5.74) is 1.24. The van der Waals surface area contributed by atoms with Crippen molar-refractivity contribution in [1.29, 1.82) is 0 Å². The predicted octanol–water partition coefficient (Wildman–Crippen LogP) is 1.09. The fraction of sp³-hybridized carbons (Fsp3) is 0.500. The molecule has 0 heterocycles. The summed E-state index contributed by atoms with van der Waals surface area (Å²) < 4.78 is 24.4. The zero-order chi connectivity index (χ0) is 13.8. The summed E-state index contributed by atoms with van der Waals surface area (Å²) in [6.45, 7) is 4.48. The molecule has 0 aliphatic rings. The Bertz CT molecular complexity index is 469. The molecule has 0 amide bonds. The van der Waals surface area contributed by atoms with Crippen LogP contribution < -0.4 is 10.0 Å². The molecule has 0 aliphatic heterocycles. The Labute approximate surface area is 108 Å². The normalized spacial score (nSPS) is 13.6. The molecule has 3 N–H and O–H groups in total. The highest BCUT2D eigenvalue weighted by atomic mass is 32.2. The first-order valence-corrected chi connectivity index (χ1v) is 7.66. The lowest BCUT2D eigenvalue weighted by atomic mass is 10.3. The third-order valence-electron chi connectivity index (χ3n) is 2.32. The van der Waals surface area contributed by atoms with Gasteiger partial charge in [0, 0.05) is 18.3 Å². The van der Waals surface area contributed by atoms with Crippen molar-refractivity contribution in [2.24, 2.45) is 0 Å². The fourth-order valence-electron chi connectivity index (χ4n) is 1.45. The van der Waals surface area contributed by atoms with Gasteiger partial charge in [0.05, 0.1) is 12.4 Å². The minimum Gasteiger partial charge on any atom is -0.387 e. The van der Waals surface area contributed by atoms with Crippen LogP contribution in [0.3, 0.4) is 0 Å². The Morgan fingerprint density at radius 1 is 1.22 bits per heavy atom. The molecule has 102 valence electrons. The van der Waals surface area contributed by atoms with E-state index < -0.39 is 16.1 Å². The van der Waals surface area contributed by atoms with Gasteiger partial charge in [-0.3, -0.25) is 4.72 Å². The highest BCUT2D eigenvalue weighted by molar-refractivity contribution is 7.92. The van der Waals surface area contributed by atoms with Crippen LogP contribution in [0.15, 0.2) is 24.3 Å². The number of hydrogen-bond donors (Lipinski definition) is 3. The summed E-state index contributed by atoms with van der Waals surface area (Å²) in [6, 6.07) is 7.00. The van der Waals surface area contributed by atoms with E-state index in [1.165, 1.54) is 0 Å². The monoisotopic (exact) mass is 278 g/mol. The van der Waals surface area contributed by atoms with E-state index in [2.05, 4.69) is 10.0 Å². The maximum absolute atomic E-state index is 11.0. The third-order valence-corrected chi connectivity index (χ3v) is 2.92. The topological polar surface area (TPSA) is 78.4 Å². The van der Waals surface area contributed by atoms with E-state index in [0.717, 1.165) is 11.8 Å². The second kappa shape index (κ2) is 6.17. The molecule has 0 saturated carbocycles. The minimum atomic E-state index is -3.26. The maximum Gasteiger partial charge on any atom is 0.229 e. The molecule has 0 aromatic heterocycles. The van der Waals surface area contributed by atoms with Gasteiger partial charge in [-0.05, 0) is 17.7 Å². The Morgan fingerprint density at radius 3 is 2.22 bits per heavy atom. The summed E-state index contributed by atoms with van der Waals surface area (Å²) in [4.78, 5) is 0. The molecular formula is C12H20N2O3S. The van der Waals surface area contributed by atoms with Gasteiger partial charge >= 0.3 is 0 Å². The van der Waals surface area contributed by atoms with Crippen LogP contribution in [0.25, 0.3) is 0 Å². The van der Waals surface area contributed by atoms with Crippen LogP contribution in [0.1, 0.15) is 25.5 Å². The smallest absolute Gasteiger partial charge is 0.229 e. The largest absolute Gasteiger partial charge is 0.387 e. The SMILES string of the molecule is CC(C)NCC(O)[13c]1[13cH][13cH][13c](NS(C)(=O)=O)[13cH][13cH]1. The summed E-state index contributed by atoms with van der Waals surface area (Å²) in [6.07, 6.45) is 0.502. The van der Waals surface area contributed by atoms with Crippen molar-refractivity contribution in [3.05, 3.63) is 29.8 Å². The average molecular weight is 278 g/mol. The third kappa shape index (κ3) is 5.48. The van der Waals surface area contributed by atoms with E-state index in [1.54, 1.807) is 24.3 Å². The molecule has 1 atom stereocenters. The first-order chi connectivity index (χ1) is 8.28. The summed E-state index contributed by atoms with van der Waals surface area (Å²) in [5, 5.41) is 13.0. The highest BCUT2D eigenvalue weighted by Gasteiger charge is 2.08. The van der Waals surface area contributed by atoms with Gasteiger partial charge in [0.2, 0.25) is 10.0 Å². The molecule has 18 heavy (non-hydrogen) atoms. The van der Waals surface area contributed by atoms with Gasteiger partial charge in [-0.2, -0.15) is 0 Å². The van der Waals surface area contributed by atoms with Crippen LogP contribution in [-0.4, -0.2) is 32.4 Å². The molecule has 1 rings (SSSR count). The Hall–Kier alpha value is -1.11. The van der Waals surface area contributed by atoms with Crippen molar-refractivity contribution in [2.75, 3.05) is 17.5 Å². The van der Waals surface area contributed by atoms with Crippen LogP contribution in [-0.2, 0) is 10.0 Å².